The lowest BCUT2D eigenvalue weighted by Crippen LogP contribution is -2.54. The Kier molecular flexibility index (Phi) is 4.72. The number of anilines is 2. The first kappa shape index (κ1) is 17.8. The number of hydrogen-bond donors (Lipinski definition) is 1. The minimum atomic E-state index is -0.563. The van der Waals surface area contributed by atoms with Gasteiger partial charge in [-0.15, -0.1) is 0 Å². The molecule has 2 aliphatic rings. The average Bonchev–Trinajstić information content (AvgIpc) is 3.31. The van der Waals surface area contributed by atoms with E-state index in [0.717, 1.165) is 31.8 Å². The maximum Gasteiger partial charge on any atom is 0.270 e. The molecule has 0 atom stereocenters. The van der Waals surface area contributed by atoms with E-state index in [1.54, 1.807) is 30.3 Å². The van der Waals surface area contributed by atoms with Gasteiger partial charge in [-0.3, -0.25) is 19.8 Å². The van der Waals surface area contributed by atoms with Crippen molar-refractivity contribution >= 4 is 58.4 Å². The topological polar surface area (TPSA) is 65.8 Å². The first-order valence-electron chi connectivity index (χ1n) is 8.55. The van der Waals surface area contributed by atoms with Crippen LogP contribution in [0.3, 0.4) is 0 Å². The van der Waals surface area contributed by atoms with Gasteiger partial charge in [-0.1, -0.05) is 23.7 Å². The number of benzene rings is 1. The van der Waals surface area contributed by atoms with Crippen LogP contribution in [0.4, 0.5) is 11.6 Å². The molecule has 1 N–H and O–H groups in total. The third kappa shape index (κ3) is 3.36. The van der Waals surface area contributed by atoms with Crippen molar-refractivity contribution in [1.29, 1.82) is 0 Å². The number of rotatable bonds is 3. The summed E-state index contributed by atoms with van der Waals surface area (Å²) in [5, 5.41) is 2.89. The minimum Gasteiger partial charge on any atom is -0.441 e. The van der Waals surface area contributed by atoms with E-state index in [-0.39, 0.29) is 10.7 Å². The number of carbonyl (C=O) groups excluding carboxylic acids is 2. The molecule has 1 aromatic heterocycles. The molecule has 1 aromatic carbocycles. The summed E-state index contributed by atoms with van der Waals surface area (Å²) < 4.78 is 5.80. The number of furan rings is 1. The van der Waals surface area contributed by atoms with Crippen LogP contribution in [-0.2, 0) is 9.59 Å². The summed E-state index contributed by atoms with van der Waals surface area (Å²) in [7, 11) is 0. The number of thiocarbonyl (C=S) groups is 1. The highest BCUT2D eigenvalue weighted by Crippen LogP contribution is 2.29. The first-order valence-corrected chi connectivity index (χ1v) is 9.34. The van der Waals surface area contributed by atoms with E-state index < -0.39 is 11.8 Å². The summed E-state index contributed by atoms with van der Waals surface area (Å²) in [5.41, 5.74) is 0.350. The van der Waals surface area contributed by atoms with Gasteiger partial charge in [0.2, 0.25) is 0 Å². The minimum absolute atomic E-state index is 0.00699. The van der Waals surface area contributed by atoms with Gasteiger partial charge in [0.15, 0.2) is 11.0 Å². The van der Waals surface area contributed by atoms with Crippen LogP contribution in [0.1, 0.15) is 18.6 Å². The number of nitrogens with zero attached hydrogens (tertiary/aromatic N) is 2. The van der Waals surface area contributed by atoms with Crippen molar-refractivity contribution in [1.82, 2.24) is 5.32 Å². The number of halogens is 1. The van der Waals surface area contributed by atoms with E-state index in [9.17, 15) is 9.59 Å². The van der Waals surface area contributed by atoms with Crippen LogP contribution in [0.15, 0.2) is 46.4 Å². The van der Waals surface area contributed by atoms with Crippen molar-refractivity contribution < 1.29 is 14.0 Å². The maximum atomic E-state index is 13.0. The van der Waals surface area contributed by atoms with Crippen LogP contribution in [0.25, 0.3) is 6.08 Å². The highest BCUT2D eigenvalue weighted by molar-refractivity contribution is 7.80. The van der Waals surface area contributed by atoms with Gasteiger partial charge in [-0.25, -0.2) is 0 Å². The van der Waals surface area contributed by atoms with Crippen molar-refractivity contribution in [3.63, 3.8) is 0 Å². The molecule has 6 nitrogen and oxygen atoms in total. The molecule has 0 spiro atoms. The second kappa shape index (κ2) is 7.17. The van der Waals surface area contributed by atoms with E-state index in [1.807, 2.05) is 6.07 Å². The summed E-state index contributed by atoms with van der Waals surface area (Å²) in [6.07, 6.45) is 3.69. The Morgan fingerprint density at radius 2 is 1.85 bits per heavy atom. The van der Waals surface area contributed by atoms with Gasteiger partial charge in [0.25, 0.3) is 11.8 Å². The molecule has 2 aliphatic heterocycles. The molecular weight excluding hydrogens is 386 g/mol. The summed E-state index contributed by atoms with van der Waals surface area (Å²) in [5.74, 6) is 0.0622. The number of amides is 2. The predicted octanol–water partition coefficient (Wildman–Crippen LogP) is 3.36. The fourth-order valence-electron chi connectivity index (χ4n) is 3.18. The molecule has 2 aromatic rings. The summed E-state index contributed by atoms with van der Waals surface area (Å²) in [6.45, 7) is 1.88. The third-order valence-electron chi connectivity index (χ3n) is 4.51. The molecule has 8 heteroatoms. The quantitative estimate of drug-likeness (QED) is 0.485. The number of hydrogen-bond acceptors (Lipinski definition) is 5. The van der Waals surface area contributed by atoms with Crippen LogP contribution in [0.2, 0.25) is 5.02 Å². The number of nitrogens with one attached hydrogen (secondary N) is 1. The van der Waals surface area contributed by atoms with Gasteiger partial charge < -0.3 is 9.32 Å². The van der Waals surface area contributed by atoms with Gasteiger partial charge in [0, 0.05) is 19.2 Å². The molecular formula is C19H16ClN3O3S. The Morgan fingerprint density at radius 3 is 2.59 bits per heavy atom. The summed E-state index contributed by atoms with van der Waals surface area (Å²) in [6, 6.07) is 10.4. The molecule has 3 heterocycles. The van der Waals surface area contributed by atoms with Crippen molar-refractivity contribution in [2.75, 3.05) is 22.9 Å². The molecule has 2 amide bonds. The van der Waals surface area contributed by atoms with Crippen LogP contribution < -0.4 is 15.1 Å². The molecule has 4 rings (SSSR count). The molecule has 0 saturated carbocycles. The van der Waals surface area contributed by atoms with E-state index in [4.69, 9.17) is 28.2 Å². The average molecular weight is 402 g/mol. The molecule has 0 bridgehead atoms. The fraction of sp³-hybridized carbons (Fsp3) is 0.211. The molecule has 2 fully saturated rings. The Morgan fingerprint density at radius 1 is 1.11 bits per heavy atom. The zero-order valence-electron chi connectivity index (χ0n) is 14.3. The van der Waals surface area contributed by atoms with Crippen LogP contribution in [0.5, 0.6) is 0 Å². The summed E-state index contributed by atoms with van der Waals surface area (Å²) >= 11 is 11.4. The molecule has 0 unspecified atom stereocenters. The predicted molar refractivity (Wildman–Crippen MR) is 108 cm³/mol. The maximum absolute atomic E-state index is 13.0. The van der Waals surface area contributed by atoms with Crippen LogP contribution in [0, 0.1) is 0 Å². The Hall–Kier alpha value is -2.64. The summed E-state index contributed by atoms with van der Waals surface area (Å²) in [4.78, 5) is 28.7. The largest absolute Gasteiger partial charge is 0.441 e. The van der Waals surface area contributed by atoms with E-state index in [1.165, 1.54) is 11.0 Å². The lowest BCUT2D eigenvalue weighted by Gasteiger charge is -2.29. The normalized spacial score (nSPS) is 19.1. The molecule has 27 heavy (non-hydrogen) atoms. The zero-order valence-corrected chi connectivity index (χ0v) is 15.8. The Balaban J connectivity index is 1.66. The van der Waals surface area contributed by atoms with Crippen molar-refractivity contribution in [3.05, 3.63) is 52.8 Å². The van der Waals surface area contributed by atoms with E-state index in [0.29, 0.717) is 16.5 Å². The van der Waals surface area contributed by atoms with Gasteiger partial charge >= 0.3 is 0 Å². The molecule has 2 saturated heterocycles. The molecule has 0 aliphatic carbocycles. The second-order valence-electron chi connectivity index (χ2n) is 6.28. The smallest absolute Gasteiger partial charge is 0.270 e. The van der Waals surface area contributed by atoms with Crippen molar-refractivity contribution in [3.8, 4) is 0 Å². The second-order valence-corrected chi connectivity index (χ2v) is 7.07. The highest BCUT2D eigenvalue weighted by atomic mass is 35.5. The van der Waals surface area contributed by atoms with Gasteiger partial charge in [-0.05, 0) is 49.3 Å². The van der Waals surface area contributed by atoms with Crippen LogP contribution >= 0.6 is 23.8 Å². The van der Waals surface area contributed by atoms with Crippen molar-refractivity contribution in [2.24, 2.45) is 0 Å². The number of para-hydroxylation sites is 1. The van der Waals surface area contributed by atoms with E-state index >= 15 is 0 Å². The molecule has 138 valence electrons. The number of carbonyl (C=O) groups is 2. The zero-order chi connectivity index (χ0) is 19.0. The Bertz CT molecular complexity index is 963. The van der Waals surface area contributed by atoms with Gasteiger partial charge in [0.05, 0.1) is 10.7 Å². The Labute approximate surface area is 166 Å². The monoisotopic (exact) mass is 401 g/mol. The van der Waals surface area contributed by atoms with Crippen LogP contribution in [-0.4, -0.2) is 30.0 Å². The standard InChI is InChI=1S/C19H16ClN3O3S/c20-14-5-1-2-6-15(14)23-18(25)13(17(24)21-19(23)27)11-12-7-8-16(26-12)22-9-3-4-10-22/h1-2,5-8,11H,3-4,9-10H2,(H,21,24,27)/b13-11+. The fourth-order valence-corrected chi connectivity index (χ4v) is 3.67. The first-order chi connectivity index (χ1) is 13.0. The van der Waals surface area contributed by atoms with Gasteiger partial charge in [0.1, 0.15) is 11.3 Å². The third-order valence-corrected chi connectivity index (χ3v) is 5.12. The SMILES string of the molecule is O=C1NC(=S)N(c2ccccc2Cl)C(=O)/C1=C/c1ccc(N2CCCC2)o1. The lowest BCUT2D eigenvalue weighted by atomic mass is 10.1. The van der Waals surface area contributed by atoms with Gasteiger partial charge in [-0.2, -0.15) is 0 Å². The van der Waals surface area contributed by atoms with E-state index in [2.05, 4.69) is 10.2 Å². The highest BCUT2D eigenvalue weighted by Gasteiger charge is 2.35. The molecule has 0 radical (unpaired) electrons. The van der Waals surface area contributed by atoms with Crippen molar-refractivity contribution in [2.45, 2.75) is 12.8 Å². The lowest BCUT2D eigenvalue weighted by molar-refractivity contribution is -0.122.